The monoisotopic (exact) mass is 404 g/mol. The third-order valence-corrected chi connectivity index (χ3v) is 5.19. The van der Waals surface area contributed by atoms with Crippen molar-refractivity contribution in [2.75, 3.05) is 13.1 Å². The summed E-state index contributed by atoms with van der Waals surface area (Å²) in [6.07, 6.45) is -1.42. The fourth-order valence-corrected chi connectivity index (χ4v) is 3.76. The van der Waals surface area contributed by atoms with Crippen molar-refractivity contribution < 1.29 is 22.5 Å². The summed E-state index contributed by atoms with van der Waals surface area (Å²) in [6.45, 7) is 2.34. The second-order valence-electron chi connectivity index (χ2n) is 7.22. The van der Waals surface area contributed by atoms with Gasteiger partial charge in [-0.1, -0.05) is 11.2 Å². The molecule has 1 atom stereocenters. The zero-order valence-corrected chi connectivity index (χ0v) is 15.7. The molecule has 1 fully saturated rings. The van der Waals surface area contributed by atoms with E-state index in [1.54, 1.807) is 23.2 Å². The summed E-state index contributed by atoms with van der Waals surface area (Å²) in [5, 5.41) is 3.53. The van der Waals surface area contributed by atoms with E-state index < -0.39 is 11.7 Å². The highest BCUT2D eigenvalue weighted by Gasteiger charge is 2.37. The van der Waals surface area contributed by atoms with Gasteiger partial charge < -0.3 is 9.42 Å². The summed E-state index contributed by atoms with van der Waals surface area (Å²) in [4.78, 5) is 22.8. The van der Waals surface area contributed by atoms with E-state index in [0.717, 1.165) is 6.07 Å². The van der Waals surface area contributed by atoms with Crippen molar-refractivity contribution in [1.82, 2.24) is 20.0 Å². The highest BCUT2D eigenvalue weighted by atomic mass is 19.4. The number of carbonyl (C=O) groups excluding carboxylic acids is 1. The number of piperidine rings is 1. The third-order valence-electron chi connectivity index (χ3n) is 5.19. The maximum absolute atomic E-state index is 13.6. The Morgan fingerprint density at radius 3 is 2.90 bits per heavy atom. The molecule has 0 spiro atoms. The standard InChI is InChI=1S/C20H19F3N4O2/c1-12-18-15(20(21,22)23)10-16(25-19(18)29-26-12)13-5-4-8-27(11-13)17(28)9-14-6-2-3-7-24-14/h2-3,6-7,10,13H,4-5,8-9,11H2,1H3/t13-/m0/s1. The van der Waals surface area contributed by atoms with Gasteiger partial charge in [0.05, 0.1) is 28.8 Å². The summed E-state index contributed by atoms with van der Waals surface area (Å²) in [5.74, 6) is -0.395. The van der Waals surface area contributed by atoms with Crippen LogP contribution in [0.4, 0.5) is 13.2 Å². The molecule has 0 N–H and O–H groups in total. The maximum atomic E-state index is 13.6. The molecule has 152 valence electrons. The average molecular weight is 404 g/mol. The Labute approximate surface area is 164 Å². The van der Waals surface area contributed by atoms with E-state index in [-0.39, 0.29) is 40.7 Å². The number of hydrogen-bond donors (Lipinski definition) is 0. The summed E-state index contributed by atoms with van der Waals surface area (Å²) < 4.78 is 45.8. The van der Waals surface area contributed by atoms with E-state index >= 15 is 0 Å². The minimum absolute atomic E-state index is 0.0963. The van der Waals surface area contributed by atoms with E-state index in [0.29, 0.717) is 31.6 Å². The fraction of sp³-hybridized carbons (Fsp3) is 0.400. The van der Waals surface area contributed by atoms with E-state index in [9.17, 15) is 18.0 Å². The largest absolute Gasteiger partial charge is 0.417 e. The molecule has 6 nitrogen and oxygen atoms in total. The van der Waals surface area contributed by atoms with Crippen LogP contribution in [0, 0.1) is 6.92 Å². The minimum atomic E-state index is -4.55. The number of nitrogens with zero attached hydrogens (tertiary/aromatic N) is 4. The number of hydrogen-bond acceptors (Lipinski definition) is 5. The lowest BCUT2D eigenvalue weighted by molar-refractivity contribution is -0.136. The van der Waals surface area contributed by atoms with Crippen LogP contribution in [-0.2, 0) is 17.4 Å². The van der Waals surface area contributed by atoms with Gasteiger partial charge in [0.1, 0.15) is 0 Å². The molecular weight excluding hydrogens is 385 g/mol. The van der Waals surface area contributed by atoms with Gasteiger partial charge in [0, 0.05) is 30.9 Å². The Bertz CT molecular complexity index is 1030. The maximum Gasteiger partial charge on any atom is 0.417 e. The highest BCUT2D eigenvalue weighted by Crippen LogP contribution is 2.38. The second kappa shape index (κ2) is 7.46. The molecule has 0 saturated carbocycles. The van der Waals surface area contributed by atoms with Crippen LogP contribution in [0.3, 0.4) is 0 Å². The van der Waals surface area contributed by atoms with Crippen LogP contribution in [-0.4, -0.2) is 39.0 Å². The zero-order valence-electron chi connectivity index (χ0n) is 15.7. The van der Waals surface area contributed by atoms with Crippen LogP contribution in [0.25, 0.3) is 11.1 Å². The van der Waals surface area contributed by atoms with Gasteiger partial charge in [-0.15, -0.1) is 0 Å². The number of alkyl halides is 3. The Morgan fingerprint density at radius 1 is 1.34 bits per heavy atom. The number of amides is 1. The van der Waals surface area contributed by atoms with E-state index in [2.05, 4.69) is 15.1 Å². The molecule has 1 amide bonds. The molecule has 0 unspecified atom stereocenters. The van der Waals surface area contributed by atoms with Gasteiger partial charge in [-0.2, -0.15) is 13.2 Å². The summed E-state index contributed by atoms with van der Waals surface area (Å²) in [5.41, 5.74) is 0.173. The number of halogens is 3. The molecule has 0 aliphatic carbocycles. The van der Waals surface area contributed by atoms with E-state index in [1.165, 1.54) is 6.92 Å². The van der Waals surface area contributed by atoms with Crippen LogP contribution in [0.2, 0.25) is 0 Å². The Hall–Kier alpha value is -2.97. The first-order chi connectivity index (χ1) is 13.8. The van der Waals surface area contributed by atoms with Gasteiger partial charge >= 0.3 is 6.18 Å². The van der Waals surface area contributed by atoms with Crippen molar-refractivity contribution in [3.8, 4) is 0 Å². The number of pyridine rings is 2. The van der Waals surface area contributed by atoms with Gasteiger partial charge in [0.15, 0.2) is 0 Å². The summed E-state index contributed by atoms with van der Waals surface area (Å²) in [6, 6.07) is 6.43. The van der Waals surface area contributed by atoms with Crippen LogP contribution in [0.1, 0.15) is 41.4 Å². The summed E-state index contributed by atoms with van der Waals surface area (Å²) in [7, 11) is 0. The Kier molecular flexibility index (Phi) is 4.97. The van der Waals surface area contributed by atoms with Crippen molar-refractivity contribution in [2.24, 2.45) is 0 Å². The first-order valence-electron chi connectivity index (χ1n) is 9.34. The quantitative estimate of drug-likeness (QED) is 0.662. The molecule has 1 aliphatic rings. The second-order valence-corrected chi connectivity index (χ2v) is 7.22. The van der Waals surface area contributed by atoms with Gasteiger partial charge in [-0.3, -0.25) is 9.78 Å². The van der Waals surface area contributed by atoms with Gasteiger partial charge in [-0.05, 0) is 38.0 Å². The lowest BCUT2D eigenvalue weighted by Gasteiger charge is -2.32. The molecule has 1 saturated heterocycles. The molecule has 4 heterocycles. The molecular formula is C20H19F3N4O2. The number of fused-ring (bicyclic) bond motifs is 1. The van der Waals surface area contributed by atoms with Crippen molar-refractivity contribution in [2.45, 2.75) is 38.3 Å². The van der Waals surface area contributed by atoms with E-state index in [1.807, 2.05) is 6.07 Å². The Balaban J connectivity index is 1.60. The van der Waals surface area contributed by atoms with Gasteiger partial charge in [0.25, 0.3) is 5.71 Å². The average Bonchev–Trinajstić information content (AvgIpc) is 3.08. The number of aryl methyl sites for hydroxylation is 1. The molecule has 4 rings (SSSR count). The van der Waals surface area contributed by atoms with Crippen molar-refractivity contribution in [3.05, 3.63) is 53.1 Å². The summed E-state index contributed by atoms with van der Waals surface area (Å²) >= 11 is 0. The van der Waals surface area contributed by atoms with Crippen molar-refractivity contribution in [3.63, 3.8) is 0 Å². The van der Waals surface area contributed by atoms with Gasteiger partial charge in [0.2, 0.25) is 5.91 Å². The normalized spacial score (nSPS) is 17.7. The molecule has 1 aliphatic heterocycles. The minimum Gasteiger partial charge on any atom is -0.342 e. The predicted octanol–water partition coefficient (Wildman–Crippen LogP) is 3.89. The Morgan fingerprint density at radius 2 is 2.17 bits per heavy atom. The first kappa shape index (κ1) is 19.4. The number of rotatable bonds is 3. The third kappa shape index (κ3) is 3.94. The first-order valence-corrected chi connectivity index (χ1v) is 9.34. The molecule has 3 aromatic rings. The highest BCUT2D eigenvalue weighted by molar-refractivity contribution is 5.81. The number of likely N-dealkylation sites (tertiary alicyclic amines) is 1. The van der Waals surface area contributed by atoms with Crippen LogP contribution < -0.4 is 0 Å². The van der Waals surface area contributed by atoms with E-state index in [4.69, 9.17) is 4.52 Å². The predicted molar refractivity (Wildman–Crippen MR) is 98.0 cm³/mol. The molecule has 0 aromatic carbocycles. The lowest BCUT2D eigenvalue weighted by Crippen LogP contribution is -2.40. The molecule has 3 aromatic heterocycles. The lowest BCUT2D eigenvalue weighted by atomic mass is 9.92. The molecule has 0 radical (unpaired) electrons. The SMILES string of the molecule is Cc1noc2nc([C@H]3CCCN(C(=O)Cc4ccccn4)C3)cc(C(F)(F)F)c12. The topological polar surface area (TPSA) is 72.1 Å². The van der Waals surface area contributed by atoms with Crippen molar-refractivity contribution >= 4 is 17.0 Å². The molecule has 29 heavy (non-hydrogen) atoms. The molecule has 0 bridgehead atoms. The van der Waals surface area contributed by atoms with Crippen molar-refractivity contribution in [1.29, 1.82) is 0 Å². The number of aromatic nitrogens is 3. The fourth-order valence-electron chi connectivity index (χ4n) is 3.76. The molecule has 9 heteroatoms. The van der Waals surface area contributed by atoms with Gasteiger partial charge in [-0.25, -0.2) is 4.98 Å². The van der Waals surface area contributed by atoms with Crippen LogP contribution in [0.15, 0.2) is 35.0 Å². The zero-order chi connectivity index (χ0) is 20.6. The van der Waals surface area contributed by atoms with Crippen LogP contribution >= 0.6 is 0 Å². The van der Waals surface area contributed by atoms with Crippen LogP contribution in [0.5, 0.6) is 0 Å². The number of carbonyl (C=O) groups is 1. The smallest absolute Gasteiger partial charge is 0.342 e.